The summed E-state index contributed by atoms with van der Waals surface area (Å²) in [5.74, 6) is -0.731. The average molecular weight is 304 g/mol. The zero-order valence-electron chi connectivity index (χ0n) is 9.80. The van der Waals surface area contributed by atoms with Gasteiger partial charge in [0.25, 0.3) is 0 Å². The monoisotopic (exact) mass is 303 g/mol. The first-order chi connectivity index (χ1) is 8.10. The number of hydrogen-bond donors (Lipinski definition) is 1. The van der Waals surface area contributed by atoms with Gasteiger partial charge in [0.05, 0.1) is 7.11 Å². The van der Waals surface area contributed by atoms with Crippen LogP contribution in [-0.2, 0) is 9.53 Å². The summed E-state index contributed by atoms with van der Waals surface area (Å²) in [5, 5.41) is 3.07. The van der Waals surface area contributed by atoms with E-state index < -0.39 is 6.04 Å². The van der Waals surface area contributed by atoms with Gasteiger partial charge in [-0.15, -0.1) is 0 Å². The van der Waals surface area contributed by atoms with Crippen LogP contribution in [0.5, 0.6) is 0 Å². The van der Waals surface area contributed by atoms with Gasteiger partial charge < -0.3 is 10.1 Å². The number of hydrogen-bond acceptors (Lipinski definition) is 3. The van der Waals surface area contributed by atoms with Crippen LogP contribution in [0.2, 0.25) is 0 Å². The van der Waals surface area contributed by atoms with Crippen molar-refractivity contribution in [1.29, 1.82) is 0 Å². The maximum Gasteiger partial charge on any atom is 0.327 e. The molecule has 0 aliphatic rings. The molecule has 0 fully saturated rings. The molecule has 1 aromatic rings. The smallest absolute Gasteiger partial charge is 0.327 e. The van der Waals surface area contributed by atoms with Gasteiger partial charge in [-0.1, -0.05) is 28.9 Å². The number of carbonyl (C=O) groups is 1. The molecular weight excluding hydrogens is 289 g/mol. The number of halogens is 2. The van der Waals surface area contributed by atoms with Crippen molar-refractivity contribution in [2.24, 2.45) is 0 Å². The molecule has 3 nitrogen and oxygen atoms in total. The molecule has 0 radical (unpaired) electrons. The van der Waals surface area contributed by atoms with Gasteiger partial charge in [-0.25, -0.2) is 9.18 Å². The van der Waals surface area contributed by atoms with Crippen molar-refractivity contribution >= 4 is 21.9 Å². The van der Waals surface area contributed by atoms with Gasteiger partial charge in [-0.2, -0.15) is 0 Å². The zero-order valence-corrected chi connectivity index (χ0v) is 11.4. The summed E-state index contributed by atoms with van der Waals surface area (Å²) in [6, 6.07) is 3.65. The molecule has 17 heavy (non-hydrogen) atoms. The lowest BCUT2D eigenvalue weighted by Gasteiger charge is -2.17. The highest BCUT2D eigenvalue weighted by molar-refractivity contribution is 9.10. The van der Waals surface area contributed by atoms with Gasteiger partial charge in [0.1, 0.15) is 11.9 Å². The Balaban J connectivity index is 2.99. The van der Waals surface area contributed by atoms with Crippen molar-refractivity contribution in [2.45, 2.75) is 19.4 Å². The first-order valence-electron chi connectivity index (χ1n) is 5.36. The fourth-order valence-electron chi connectivity index (χ4n) is 1.46. The third-order valence-corrected chi connectivity index (χ3v) is 3.00. The van der Waals surface area contributed by atoms with Crippen LogP contribution in [0, 0.1) is 5.82 Å². The van der Waals surface area contributed by atoms with E-state index in [9.17, 15) is 9.18 Å². The van der Waals surface area contributed by atoms with Crippen molar-refractivity contribution in [1.82, 2.24) is 5.32 Å². The van der Waals surface area contributed by atoms with E-state index in [4.69, 9.17) is 4.74 Å². The molecule has 94 valence electrons. The molecule has 0 bridgehead atoms. The molecule has 0 amide bonds. The lowest BCUT2D eigenvalue weighted by Crippen LogP contribution is -2.30. The van der Waals surface area contributed by atoms with E-state index in [1.165, 1.54) is 19.2 Å². The Morgan fingerprint density at radius 3 is 2.82 bits per heavy atom. The molecule has 0 aliphatic heterocycles. The topological polar surface area (TPSA) is 38.3 Å². The summed E-state index contributed by atoms with van der Waals surface area (Å²) in [5.41, 5.74) is 0.673. The minimum atomic E-state index is -0.574. The van der Waals surface area contributed by atoms with Crippen LogP contribution in [0.1, 0.15) is 24.9 Å². The van der Waals surface area contributed by atoms with Crippen molar-refractivity contribution in [3.63, 3.8) is 0 Å². The molecular formula is C12H15BrFNO2. The second-order valence-electron chi connectivity index (χ2n) is 3.58. The summed E-state index contributed by atoms with van der Waals surface area (Å²) in [7, 11) is 1.33. The number of ether oxygens (including phenoxy) is 1. The minimum Gasteiger partial charge on any atom is -0.468 e. The molecule has 0 saturated heterocycles. The zero-order chi connectivity index (χ0) is 12.8. The van der Waals surface area contributed by atoms with Crippen LogP contribution >= 0.6 is 15.9 Å². The Morgan fingerprint density at radius 1 is 1.59 bits per heavy atom. The van der Waals surface area contributed by atoms with Crippen LogP contribution < -0.4 is 5.32 Å². The first kappa shape index (κ1) is 14.1. The second kappa shape index (κ2) is 6.71. The van der Waals surface area contributed by atoms with Crippen molar-refractivity contribution < 1.29 is 13.9 Å². The highest BCUT2D eigenvalue weighted by Gasteiger charge is 2.22. The highest BCUT2D eigenvalue weighted by atomic mass is 79.9. The normalized spacial score (nSPS) is 12.2. The Bertz CT molecular complexity index is 398. The molecule has 1 aromatic carbocycles. The van der Waals surface area contributed by atoms with Crippen molar-refractivity contribution in [3.8, 4) is 0 Å². The molecule has 1 unspecified atom stereocenters. The van der Waals surface area contributed by atoms with E-state index in [0.29, 0.717) is 16.6 Å². The predicted molar refractivity (Wildman–Crippen MR) is 67.2 cm³/mol. The molecule has 5 heteroatoms. The standard InChI is InChI=1S/C12H15BrFNO2/c1-3-6-15-11(12(16)17-2)9-5-4-8(14)7-10(9)13/h4-5,7,11,15H,3,6H2,1-2H3. The van der Waals surface area contributed by atoms with E-state index >= 15 is 0 Å². The summed E-state index contributed by atoms with van der Waals surface area (Å²) >= 11 is 3.25. The first-order valence-corrected chi connectivity index (χ1v) is 6.15. The molecule has 1 atom stereocenters. The molecule has 0 heterocycles. The SMILES string of the molecule is CCCNC(C(=O)OC)c1ccc(F)cc1Br. The van der Waals surface area contributed by atoms with Crippen LogP contribution in [0.25, 0.3) is 0 Å². The highest BCUT2D eigenvalue weighted by Crippen LogP contribution is 2.25. The summed E-state index contributed by atoms with van der Waals surface area (Å²) in [6.07, 6.45) is 0.895. The van der Waals surface area contributed by atoms with E-state index in [1.807, 2.05) is 6.92 Å². The molecule has 1 rings (SSSR count). The van der Waals surface area contributed by atoms with Crippen molar-refractivity contribution in [2.75, 3.05) is 13.7 Å². The predicted octanol–water partition coefficient (Wildman–Crippen LogP) is 2.80. The maximum atomic E-state index is 13.0. The number of rotatable bonds is 5. The molecule has 0 saturated carbocycles. The number of methoxy groups -OCH3 is 1. The third kappa shape index (κ3) is 3.78. The van der Waals surface area contributed by atoms with Gasteiger partial charge in [0.15, 0.2) is 0 Å². The maximum absolute atomic E-state index is 13.0. The Labute approximate surface area is 108 Å². The van der Waals surface area contributed by atoms with Gasteiger partial charge in [-0.05, 0) is 30.7 Å². The van der Waals surface area contributed by atoms with E-state index in [0.717, 1.165) is 6.42 Å². The minimum absolute atomic E-state index is 0.347. The Kier molecular flexibility index (Phi) is 5.58. The van der Waals surface area contributed by atoms with Gasteiger partial charge in [0.2, 0.25) is 0 Å². The van der Waals surface area contributed by atoms with E-state index in [2.05, 4.69) is 21.2 Å². The summed E-state index contributed by atoms with van der Waals surface area (Å²) in [4.78, 5) is 11.7. The summed E-state index contributed by atoms with van der Waals surface area (Å²) < 4.78 is 18.3. The van der Waals surface area contributed by atoms with E-state index in [-0.39, 0.29) is 11.8 Å². The molecule has 0 aliphatic carbocycles. The fourth-order valence-corrected chi connectivity index (χ4v) is 2.04. The van der Waals surface area contributed by atoms with Gasteiger partial charge in [-0.3, -0.25) is 0 Å². The quantitative estimate of drug-likeness (QED) is 0.850. The van der Waals surface area contributed by atoms with Crippen molar-refractivity contribution in [3.05, 3.63) is 34.1 Å². The lowest BCUT2D eigenvalue weighted by atomic mass is 10.1. The number of esters is 1. The number of nitrogens with one attached hydrogen (secondary N) is 1. The number of benzene rings is 1. The largest absolute Gasteiger partial charge is 0.468 e. The van der Waals surface area contributed by atoms with Crippen LogP contribution in [-0.4, -0.2) is 19.6 Å². The Morgan fingerprint density at radius 2 is 2.29 bits per heavy atom. The summed E-state index contributed by atoms with van der Waals surface area (Å²) in [6.45, 7) is 2.69. The lowest BCUT2D eigenvalue weighted by molar-refractivity contribution is -0.143. The molecule has 0 spiro atoms. The van der Waals surface area contributed by atoms with Crippen LogP contribution in [0.4, 0.5) is 4.39 Å². The Hall–Kier alpha value is -0.940. The average Bonchev–Trinajstić information content (AvgIpc) is 2.31. The second-order valence-corrected chi connectivity index (χ2v) is 4.43. The van der Waals surface area contributed by atoms with E-state index in [1.54, 1.807) is 6.07 Å². The molecule has 1 N–H and O–H groups in total. The van der Waals surface area contributed by atoms with Crippen LogP contribution in [0.3, 0.4) is 0 Å². The fraction of sp³-hybridized carbons (Fsp3) is 0.417. The molecule has 0 aromatic heterocycles. The van der Waals surface area contributed by atoms with Crippen LogP contribution in [0.15, 0.2) is 22.7 Å². The number of carbonyl (C=O) groups excluding carboxylic acids is 1. The third-order valence-electron chi connectivity index (χ3n) is 2.31. The van der Waals surface area contributed by atoms with Gasteiger partial charge >= 0.3 is 5.97 Å². The van der Waals surface area contributed by atoms with Gasteiger partial charge in [0, 0.05) is 4.47 Å².